The van der Waals surface area contributed by atoms with Crippen LogP contribution in [-0.2, 0) is 9.53 Å². The highest BCUT2D eigenvalue weighted by atomic mass is 79.9. The number of esters is 1. The monoisotopic (exact) mass is 352 g/mol. The van der Waals surface area contributed by atoms with Crippen LogP contribution in [0.3, 0.4) is 0 Å². The summed E-state index contributed by atoms with van der Waals surface area (Å²) in [7, 11) is 1.50. The second-order valence-corrected chi connectivity index (χ2v) is 4.99. The lowest BCUT2D eigenvalue weighted by molar-refractivity contribution is -0.122. The van der Waals surface area contributed by atoms with Crippen molar-refractivity contribution >= 4 is 33.4 Å². The second-order valence-electron chi connectivity index (χ2n) is 4.14. The molecule has 0 aromatic heterocycles. The molecule has 0 aliphatic rings. The highest BCUT2D eigenvalue weighted by Gasteiger charge is 2.22. The summed E-state index contributed by atoms with van der Waals surface area (Å²) in [5.41, 5.74) is 0.168. The molecule has 7 heteroatoms. The van der Waals surface area contributed by atoms with E-state index in [1.54, 1.807) is 12.1 Å². The molecule has 1 rings (SSSR count). The summed E-state index contributed by atoms with van der Waals surface area (Å²) in [6, 6.07) is 6.29. The van der Waals surface area contributed by atoms with Crippen molar-refractivity contribution in [3.8, 4) is 11.8 Å². The fourth-order valence-electron chi connectivity index (χ4n) is 1.51. The summed E-state index contributed by atoms with van der Waals surface area (Å²) >= 11 is 3.24. The number of benzene rings is 1. The van der Waals surface area contributed by atoms with Crippen molar-refractivity contribution in [1.29, 1.82) is 10.7 Å². The van der Waals surface area contributed by atoms with Gasteiger partial charge in [-0.05, 0) is 41.1 Å². The van der Waals surface area contributed by atoms with Crippen molar-refractivity contribution < 1.29 is 19.1 Å². The Hall–Kier alpha value is -2.20. The lowest BCUT2D eigenvalue weighted by Gasteiger charge is -2.08. The van der Waals surface area contributed by atoms with Crippen LogP contribution >= 0.6 is 15.9 Å². The lowest BCUT2D eigenvalue weighted by atomic mass is 10.0. The number of carbonyl (C=O) groups excluding carboxylic acids is 2. The highest BCUT2D eigenvalue weighted by Crippen LogP contribution is 2.25. The van der Waals surface area contributed by atoms with E-state index in [1.165, 1.54) is 26.2 Å². The number of halogens is 1. The largest absolute Gasteiger partial charge is 0.496 e. The predicted octanol–water partition coefficient (Wildman–Crippen LogP) is 2.36. The molecule has 1 atom stereocenters. The van der Waals surface area contributed by atoms with E-state index in [1.807, 2.05) is 0 Å². The van der Waals surface area contributed by atoms with Gasteiger partial charge in [-0.2, -0.15) is 5.26 Å². The first-order valence-corrected chi connectivity index (χ1v) is 6.68. The molecule has 6 nitrogen and oxygen atoms in total. The van der Waals surface area contributed by atoms with Crippen LogP contribution in [0.1, 0.15) is 17.3 Å². The number of hydrogen-bond donors (Lipinski definition) is 1. The first-order chi connectivity index (χ1) is 9.90. The van der Waals surface area contributed by atoms with Crippen LogP contribution in [0.4, 0.5) is 0 Å². The maximum atomic E-state index is 11.8. The fraction of sp³-hybridized carbons (Fsp3) is 0.286. The third-order valence-corrected chi connectivity index (χ3v) is 3.24. The highest BCUT2D eigenvalue weighted by molar-refractivity contribution is 9.10. The van der Waals surface area contributed by atoms with Crippen LogP contribution in [0.2, 0.25) is 0 Å². The van der Waals surface area contributed by atoms with Crippen molar-refractivity contribution in [3.05, 3.63) is 28.2 Å². The summed E-state index contributed by atoms with van der Waals surface area (Å²) in [6.45, 7) is 0.811. The van der Waals surface area contributed by atoms with E-state index in [4.69, 9.17) is 20.1 Å². The number of nitrogens with zero attached hydrogens (tertiary/aromatic N) is 1. The van der Waals surface area contributed by atoms with Crippen LogP contribution in [0.25, 0.3) is 0 Å². The molecule has 0 fully saturated rings. The average Bonchev–Trinajstić information content (AvgIpc) is 2.44. The molecule has 0 bridgehead atoms. The number of hydrogen-bond acceptors (Lipinski definition) is 6. The molecule has 0 aliphatic carbocycles. The van der Waals surface area contributed by atoms with Gasteiger partial charge in [-0.25, -0.2) is 4.79 Å². The number of ketones is 1. The molecule has 0 spiro atoms. The van der Waals surface area contributed by atoms with Crippen LogP contribution in [-0.4, -0.2) is 31.2 Å². The smallest absolute Gasteiger partial charge is 0.338 e. The normalized spacial score (nSPS) is 11.1. The Morgan fingerprint density at radius 2 is 2.14 bits per heavy atom. The Morgan fingerprint density at radius 3 is 2.62 bits per heavy atom. The van der Waals surface area contributed by atoms with Gasteiger partial charge in [0.15, 0.2) is 12.4 Å². The maximum Gasteiger partial charge on any atom is 0.338 e. The van der Waals surface area contributed by atoms with Gasteiger partial charge < -0.3 is 14.9 Å². The molecule has 1 unspecified atom stereocenters. The molecule has 0 amide bonds. The molecular formula is C14H13BrN2O4. The Balaban J connectivity index is 2.70. The molecule has 110 valence electrons. The van der Waals surface area contributed by atoms with Gasteiger partial charge >= 0.3 is 5.97 Å². The van der Waals surface area contributed by atoms with E-state index in [0.29, 0.717) is 10.2 Å². The van der Waals surface area contributed by atoms with Crippen LogP contribution in [0.15, 0.2) is 22.7 Å². The van der Waals surface area contributed by atoms with Gasteiger partial charge in [-0.1, -0.05) is 0 Å². The van der Waals surface area contributed by atoms with Gasteiger partial charge in [0, 0.05) is 5.71 Å². The second kappa shape index (κ2) is 7.55. The van der Waals surface area contributed by atoms with Crippen molar-refractivity contribution in [2.24, 2.45) is 5.92 Å². The minimum absolute atomic E-state index is 0.0780. The number of nitriles is 1. The summed E-state index contributed by atoms with van der Waals surface area (Å²) in [6.07, 6.45) is 0. The maximum absolute atomic E-state index is 11.8. The molecule has 0 saturated carbocycles. The van der Waals surface area contributed by atoms with E-state index >= 15 is 0 Å². The summed E-state index contributed by atoms with van der Waals surface area (Å²) in [4.78, 5) is 23.5. The first-order valence-electron chi connectivity index (χ1n) is 5.88. The van der Waals surface area contributed by atoms with Gasteiger partial charge in [-0.3, -0.25) is 4.79 Å². The summed E-state index contributed by atoms with van der Waals surface area (Å²) < 4.78 is 10.5. The average molecular weight is 353 g/mol. The number of nitrogens with one attached hydrogen (secondary N) is 1. The molecule has 1 N–H and O–H groups in total. The quantitative estimate of drug-likeness (QED) is 0.625. The van der Waals surface area contributed by atoms with Gasteiger partial charge in [0.25, 0.3) is 0 Å². The van der Waals surface area contributed by atoms with Crippen LogP contribution in [0, 0.1) is 22.7 Å². The molecule has 21 heavy (non-hydrogen) atoms. The van der Waals surface area contributed by atoms with E-state index in [2.05, 4.69) is 15.9 Å². The van der Waals surface area contributed by atoms with Gasteiger partial charge in [-0.15, -0.1) is 0 Å². The molecule has 1 aromatic rings. The van der Waals surface area contributed by atoms with Crippen molar-refractivity contribution in [1.82, 2.24) is 0 Å². The zero-order valence-electron chi connectivity index (χ0n) is 11.5. The molecule has 0 radical (unpaired) electrons. The predicted molar refractivity (Wildman–Crippen MR) is 78.5 cm³/mol. The Morgan fingerprint density at radius 1 is 1.48 bits per heavy atom. The third kappa shape index (κ3) is 4.39. The van der Waals surface area contributed by atoms with Crippen molar-refractivity contribution in [2.75, 3.05) is 13.7 Å². The van der Waals surface area contributed by atoms with Crippen LogP contribution < -0.4 is 4.74 Å². The molecule has 0 saturated heterocycles. The van der Waals surface area contributed by atoms with Crippen molar-refractivity contribution in [2.45, 2.75) is 6.92 Å². The van der Waals surface area contributed by atoms with Gasteiger partial charge in [0.05, 0.1) is 23.2 Å². The standard InChI is InChI=1S/C14H13BrN2O4/c1-8(17)10(6-16)12(18)7-21-14(19)9-3-4-13(20-2)11(15)5-9/h3-5,10,17H,7H2,1-2H3. The van der Waals surface area contributed by atoms with E-state index in [0.717, 1.165) is 0 Å². The summed E-state index contributed by atoms with van der Waals surface area (Å²) in [5.74, 6) is -1.93. The number of rotatable bonds is 6. The minimum atomic E-state index is -1.18. The van der Waals surface area contributed by atoms with Crippen LogP contribution in [0.5, 0.6) is 5.75 Å². The topological polar surface area (TPSA) is 100 Å². The molecule has 0 heterocycles. The Kier molecular flexibility index (Phi) is 6.06. The molecule has 0 aliphatic heterocycles. The molecular weight excluding hydrogens is 340 g/mol. The number of carbonyl (C=O) groups is 2. The SMILES string of the molecule is COc1ccc(C(=O)OCC(=O)C(C#N)C(C)=N)cc1Br. The zero-order chi connectivity index (χ0) is 16.0. The number of Topliss-reactive ketones (excluding diaryl/α,β-unsaturated/α-hetero) is 1. The zero-order valence-corrected chi connectivity index (χ0v) is 13.1. The summed E-state index contributed by atoms with van der Waals surface area (Å²) in [5, 5.41) is 16.1. The Labute approximate surface area is 130 Å². The number of ether oxygens (including phenoxy) is 2. The lowest BCUT2D eigenvalue weighted by Crippen LogP contribution is -2.25. The Bertz CT molecular complexity index is 622. The fourth-order valence-corrected chi connectivity index (χ4v) is 2.05. The third-order valence-electron chi connectivity index (χ3n) is 2.62. The molecule has 1 aromatic carbocycles. The van der Waals surface area contributed by atoms with E-state index in [9.17, 15) is 9.59 Å². The first kappa shape index (κ1) is 16.9. The minimum Gasteiger partial charge on any atom is -0.496 e. The van der Waals surface area contributed by atoms with Gasteiger partial charge in [0.1, 0.15) is 11.7 Å². The van der Waals surface area contributed by atoms with E-state index in [-0.39, 0.29) is 11.3 Å². The number of methoxy groups -OCH3 is 1. The van der Waals surface area contributed by atoms with Crippen molar-refractivity contribution in [3.63, 3.8) is 0 Å². The van der Waals surface area contributed by atoms with E-state index < -0.39 is 24.3 Å². The van der Waals surface area contributed by atoms with Gasteiger partial charge in [0.2, 0.25) is 0 Å².